The van der Waals surface area contributed by atoms with Crippen LogP contribution in [0.15, 0.2) is 15.9 Å². The second-order valence-electron chi connectivity index (χ2n) is 1.97. The fourth-order valence-corrected chi connectivity index (χ4v) is 2.19. The van der Waals surface area contributed by atoms with Gasteiger partial charge in [0.25, 0.3) is 0 Å². The molecule has 1 aromatic rings. The van der Waals surface area contributed by atoms with Crippen molar-refractivity contribution >= 4 is 39.9 Å². The monoisotopic (exact) mass is 252 g/mol. The van der Waals surface area contributed by atoms with E-state index in [1.165, 1.54) is 4.88 Å². The molecule has 0 bridgehead atoms. The van der Waals surface area contributed by atoms with E-state index in [1.807, 2.05) is 11.4 Å². The molecule has 11 heavy (non-hydrogen) atoms. The molecule has 0 spiro atoms. The Morgan fingerprint density at radius 3 is 3.00 bits per heavy atom. The Hall–Kier alpha value is 0.490. The molecule has 1 heterocycles. The third kappa shape index (κ3) is 3.15. The minimum atomic E-state index is 0.693. The van der Waals surface area contributed by atoms with E-state index in [0.29, 0.717) is 13.2 Å². The molecule has 0 aliphatic heterocycles. The van der Waals surface area contributed by atoms with Gasteiger partial charge in [-0.3, -0.25) is 0 Å². The summed E-state index contributed by atoms with van der Waals surface area (Å²) in [6.45, 7) is 1.41. The highest BCUT2D eigenvalue weighted by atomic mass is 79.9. The van der Waals surface area contributed by atoms with Crippen LogP contribution in [-0.2, 0) is 11.3 Å². The number of rotatable bonds is 4. The van der Waals surface area contributed by atoms with Gasteiger partial charge in [-0.05, 0) is 27.4 Å². The Morgan fingerprint density at radius 1 is 1.64 bits per heavy atom. The van der Waals surface area contributed by atoms with Crippen LogP contribution in [0.3, 0.4) is 0 Å². The second kappa shape index (κ2) is 5.19. The Labute approximate surface area is 84.3 Å². The van der Waals surface area contributed by atoms with E-state index in [9.17, 15) is 0 Å². The van der Waals surface area contributed by atoms with Gasteiger partial charge in [0.05, 0.1) is 13.2 Å². The molecule has 0 aliphatic rings. The van der Waals surface area contributed by atoms with E-state index in [0.717, 1.165) is 10.2 Å². The molecule has 62 valence electrons. The number of ether oxygens (including phenoxy) is 1. The molecular weight excluding hydrogens is 244 g/mol. The van der Waals surface area contributed by atoms with Crippen molar-refractivity contribution in [1.29, 1.82) is 0 Å². The van der Waals surface area contributed by atoms with Gasteiger partial charge in [-0.15, -0.1) is 11.3 Å². The van der Waals surface area contributed by atoms with Gasteiger partial charge in [-0.25, -0.2) is 0 Å². The van der Waals surface area contributed by atoms with E-state index < -0.39 is 0 Å². The van der Waals surface area contributed by atoms with Crippen molar-refractivity contribution in [3.63, 3.8) is 0 Å². The Balaban J connectivity index is 2.32. The molecule has 0 radical (unpaired) electrons. The highest BCUT2D eigenvalue weighted by Crippen LogP contribution is 2.22. The summed E-state index contributed by atoms with van der Waals surface area (Å²) in [5.41, 5.74) is 0. The van der Waals surface area contributed by atoms with Crippen LogP contribution in [0.5, 0.6) is 0 Å². The van der Waals surface area contributed by atoms with Crippen LogP contribution in [0.4, 0.5) is 0 Å². The van der Waals surface area contributed by atoms with E-state index in [-0.39, 0.29) is 0 Å². The molecule has 1 aromatic heterocycles. The first-order valence-corrected chi connectivity index (χ1v) is 5.55. The maximum Gasteiger partial charge on any atom is 0.0821 e. The normalized spacial score (nSPS) is 10.4. The summed E-state index contributed by atoms with van der Waals surface area (Å²) in [5.74, 6) is 0.781. The molecule has 0 N–H and O–H groups in total. The molecule has 0 aliphatic carbocycles. The van der Waals surface area contributed by atoms with Crippen LogP contribution in [0, 0.1) is 0 Å². The van der Waals surface area contributed by atoms with E-state index in [2.05, 4.69) is 28.6 Å². The summed E-state index contributed by atoms with van der Waals surface area (Å²) in [5, 5.41) is 2.05. The standard InChI is InChI=1S/C7H9BrOS2/c8-6-1-4-11-7(6)5-9-2-3-10/h1,4,10H,2-3,5H2. The predicted octanol–water partition coefficient (Wildman–Crippen LogP) is 2.96. The van der Waals surface area contributed by atoms with Gasteiger partial charge >= 0.3 is 0 Å². The zero-order valence-electron chi connectivity index (χ0n) is 5.92. The summed E-state index contributed by atoms with van der Waals surface area (Å²) in [6.07, 6.45) is 0. The largest absolute Gasteiger partial charge is 0.375 e. The number of thiol groups is 1. The van der Waals surface area contributed by atoms with Gasteiger partial charge in [-0.1, -0.05) is 0 Å². The van der Waals surface area contributed by atoms with Crippen molar-refractivity contribution in [1.82, 2.24) is 0 Å². The molecule has 0 atom stereocenters. The first kappa shape index (κ1) is 9.58. The van der Waals surface area contributed by atoms with Crippen molar-refractivity contribution in [2.45, 2.75) is 6.61 Å². The van der Waals surface area contributed by atoms with E-state index in [1.54, 1.807) is 11.3 Å². The van der Waals surface area contributed by atoms with Crippen molar-refractivity contribution in [2.75, 3.05) is 12.4 Å². The van der Waals surface area contributed by atoms with Crippen LogP contribution < -0.4 is 0 Å². The summed E-state index contributed by atoms with van der Waals surface area (Å²) in [7, 11) is 0. The lowest BCUT2D eigenvalue weighted by molar-refractivity contribution is 0.138. The average molecular weight is 253 g/mol. The molecule has 4 heteroatoms. The van der Waals surface area contributed by atoms with Crippen LogP contribution in [0.1, 0.15) is 4.88 Å². The fourth-order valence-electron chi connectivity index (χ4n) is 0.658. The second-order valence-corrected chi connectivity index (χ2v) is 4.27. The topological polar surface area (TPSA) is 9.23 Å². The third-order valence-corrected chi connectivity index (χ3v) is 3.24. The van der Waals surface area contributed by atoms with Crippen molar-refractivity contribution in [3.8, 4) is 0 Å². The number of hydrogen-bond donors (Lipinski definition) is 1. The van der Waals surface area contributed by atoms with Gasteiger partial charge in [0, 0.05) is 15.1 Å². The zero-order valence-corrected chi connectivity index (χ0v) is 9.21. The molecular formula is C7H9BrOS2. The molecule has 0 aromatic carbocycles. The lowest BCUT2D eigenvalue weighted by atomic mass is 10.5. The van der Waals surface area contributed by atoms with Crippen molar-refractivity contribution in [2.24, 2.45) is 0 Å². The third-order valence-electron chi connectivity index (χ3n) is 1.16. The summed E-state index contributed by atoms with van der Waals surface area (Å²) in [4.78, 5) is 1.24. The van der Waals surface area contributed by atoms with E-state index in [4.69, 9.17) is 4.74 Å². The zero-order chi connectivity index (χ0) is 8.10. The van der Waals surface area contributed by atoms with Crippen LogP contribution in [0.25, 0.3) is 0 Å². The number of hydrogen-bond acceptors (Lipinski definition) is 3. The lowest BCUT2D eigenvalue weighted by Gasteiger charge is -1.99. The molecule has 0 saturated heterocycles. The summed E-state index contributed by atoms with van der Waals surface area (Å²) in [6, 6.07) is 2.03. The Bertz CT molecular complexity index is 212. The molecule has 1 nitrogen and oxygen atoms in total. The number of halogens is 1. The lowest BCUT2D eigenvalue weighted by Crippen LogP contribution is -1.94. The quantitative estimate of drug-likeness (QED) is 0.641. The SMILES string of the molecule is SCCOCc1sccc1Br. The highest BCUT2D eigenvalue weighted by molar-refractivity contribution is 9.10. The molecule has 0 fully saturated rings. The van der Waals surface area contributed by atoms with Crippen LogP contribution in [0.2, 0.25) is 0 Å². The maximum atomic E-state index is 5.31. The van der Waals surface area contributed by atoms with Gasteiger partial charge in [0.1, 0.15) is 0 Å². The summed E-state index contributed by atoms with van der Waals surface area (Å²) < 4.78 is 6.45. The molecule has 1 rings (SSSR count). The van der Waals surface area contributed by atoms with Crippen LogP contribution in [-0.4, -0.2) is 12.4 Å². The van der Waals surface area contributed by atoms with Gasteiger partial charge in [0.15, 0.2) is 0 Å². The predicted molar refractivity (Wildman–Crippen MR) is 55.5 cm³/mol. The minimum absolute atomic E-state index is 0.693. The van der Waals surface area contributed by atoms with Crippen LogP contribution >= 0.6 is 39.9 Å². The maximum absolute atomic E-state index is 5.31. The van der Waals surface area contributed by atoms with Gasteiger partial charge in [-0.2, -0.15) is 12.6 Å². The molecule has 0 unspecified atom stereocenters. The van der Waals surface area contributed by atoms with Crippen molar-refractivity contribution in [3.05, 3.63) is 20.8 Å². The first-order valence-electron chi connectivity index (χ1n) is 3.25. The van der Waals surface area contributed by atoms with Gasteiger partial charge in [0.2, 0.25) is 0 Å². The minimum Gasteiger partial charge on any atom is -0.375 e. The smallest absolute Gasteiger partial charge is 0.0821 e. The first-order chi connectivity index (χ1) is 5.34. The van der Waals surface area contributed by atoms with Gasteiger partial charge < -0.3 is 4.74 Å². The highest BCUT2D eigenvalue weighted by Gasteiger charge is 1.99. The molecule has 0 saturated carbocycles. The molecule has 0 amide bonds. The average Bonchev–Trinajstić information content (AvgIpc) is 2.37. The fraction of sp³-hybridized carbons (Fsp3) is 0.429. The number of thiophene rings is 1. The van der Waals surface area contributed by atoms with Crippen molar-refractivity contribution < 1.29 is 4.74 Å². The van der Waals surface area contributed by atoms with E-state index >= 15 is 0 Å². The summed E-state index contributed by atoms with van der Waals surface area (Å²) >= 11 is 9.18. The Morgan fingerprint density at radius 2 is 2.45 bits per heavy atom. The Kier molecular flexibility index (Phi) is 4.52.